The molecule has 0 saturated carbocycles. The Morgan fingerprint density at radius 2 is 2.00 bits per heavy atom. The van der Waals surface area contributed by atoms with Gasteiger partial charge < -0.3 is 14.5 Å². The molecule has 0 amide bonds. The lowest BCUT2D eigenvalue weighted by atomic mass is 10.1. The molecule has 4 rings (SSSR count). The number of pyridine rings is 1. The summed E-state index contributed by atoms with van der Waals surface area (Å²) in [7, 11) is 0. The van der Waals surface area contributed by atoms with E-state index in [0.717, 1.165) is 55.3 Å². The van der Waals surface area contributed by atoms with Gasteiger partial charge in [-0.25, -0.2) is 15.0 Å². The lowest BCUT2D eigenvalue weighted by molar-refractivity contribution is 0.0350. The molecule has 0 unspecified atom stereocenters. The van der Waals surface area contributed by atoms with Crippen LogP contribution in [0.3, 0.4) is 0 Å². The van der Waals surface area contributed by atoms with Gasteiger partial charge in [0, 0.05) is 32.4 Å². The normalized spacial score (nSPS) is 22.9. The average molecular weight is 341 g/mol. The Morgan fingerprint density at radius 1 is 1.12 bits per heavy atom. The summed E-state index contributed by atoms with van der Waals surface area (Å²) in [6, 6.07) is 4.03. The van der Waals surface area contributed by atoms with E-state index in [9.17, 15) is 0 Å². The first kappa shape index (κ1) is 16.7. The van der Waals surface area contributed by atoms with Crippen molar-refractivity contribution in [1.82, 2.24) is 19.9 Å². The third kappa shape index (κ3) is 3.90. The van der Waals surface area contributed by atoms with Gasteiger partial charge in [0.25, 0.3) is 0 Å². The summed E-state index contributed by atoms with van der Waals surface area (Å²) in [5.74, 6) is 1.78. The Kier molecular flexibility index (Phi) is 5.08. The van der Waals surface area contributed by atoms with E-state index in [-0.39, 0.29) is 6.10 Å². The van der Waals surface area contributed by atoms with Crippen LogP contribution in [0.2, 0.25) is 0 Å². The molecule has 2 aromatic rings. The molecule has 6 heteroatoms. The number of piperidine rings is 1. The van der Waals surface area contributed by atoms with Gasteiger partial charge in [0.05, 0.1) is 11.5 Å². The number of likely N-dealkylation sites (tertiary alicyclic amines) is 1. The lowest BCUT2D eigenvalue weighted by Gasteiger charge is -2.32. The van der Waals surface area contributed by atoms with E-state index in [0.29, 0.717) is 0 Å². The monoisotopic (exact) mass is 341 g/mol. The summed E-state index contributed by atoms with van der Waals surface area (Å²) in [4.78, 5) is 18.6. The number of aryl methyl sites for hydroxylation is 1. The summed E-state index contributed by atoms with van der Waals surface area (Å²) in [5, 5.41) is 1.03. The zero-order chi connectivity index (χ0) is 17.1. The average Bonchev–Trinajstić information content (AvgIpc) is 2.87. The van der Waals surface area contributed by atoms with Gasteiger partial charge in [0.1, 0.15) is 11.6 Å². The number of ether oxygens (including phenoxy) is 1. The summed E-state index contributed by atoms with van der Waals surface area (Å²) >= 11 is 0. The number of aromatic nitrogens is 3. The number of hydrogen-bond donors (Lipinski definition) is 0. The minimum absolute atomic E-state index is 0.239. The van der Waals surface area contributed by atoms with Crippen molar-refractivity contribution in [3.63, 3.8) is 0 Å². The third-order valence-electron chi connectivity index (χ3n) is 5.12. The molecular formula is C19H27N5O. The fraction of sp³-hybridized carbons (Fsp3) is 0.632. The predicted octanol–water partition coefficient (Wildman–Crippen LogP) is 2.41. The van der Waals surface area contributed by atoms with Crippen LogP contribution in [0.15, 0.2) is 18.3 Å². The van der Waals surface area contributed by atoms with Crippen molar-refractivity contribution < 1.29 is 4.74 Å². The molecule has 25 heavy (non-hydrogen) atoms. The molecule has 2 fully saturated rings. The van der Waals surface area contributed by atoms with E-state index in [2.05, 4.69) is 25.8 Å². The van der Waals surface area contributed by atoms with Crippen molar-refractivity contribution in [2.75, 3.05) is 44.2 Å². The molecule has 134 valence electrons. The van der Waals surface area contributed by atoms with Crippen LogP contribution in [-0.4, -0.2) is 65.3 Å². The third-order valence-corrected chi connectivity index (χ3v) is 5.12. The largest absolute Gasteiger partial charge is 0.375 e. The highest BCUT2D eigenvalue weighted by atomic mass is 16.5. The molecule has 2 aromatic heterocycles. The van der Waals surface area contributed by atoms with Crippen molar-refractivity contribution in [3.05, 3.63) is 24.2 Å². The van der Waals surface area contributed by atoms with Gasteiger partial charge in [0.2, 0.25) is 0 Å². The van der Waals surface area contributed by atoms with Crippen LogP contribution >= 0.6 is 0 Å². The van der Waals surface area contributed by atoms with Crippen molar-refractivity contribution in [2.45, 2.75) is 38.7 Å². The first-order valence-corrected chi connectivity index (χ1v) is 9.48. The van der Waals surface area contributed by atoms with Crippen molar-refractivity contribution in [2.24, 2.45) is 0 Å². The molecule has 2 aliphatic heterocycles. The standard InChI is InChI=1S/C19H27N5O/c1-15-21-18-17(7-5-8-20-18)19(22-15)24-11-6-12-25-16(14-24)13-23-9-3-2-4-10-23/h5,7-8,16H,2-4,6,9-14H2,1H3/t16-/m0/s1. The SMILES string of the molecule is Cc1nc(N2CCCO[C@@H](CN3CCCCC3)C2)c2cccnc2n1. The number of hydrogen-bond acceptors (Lipinski definition) is 6. The van der Waals surface area contributed by atoms with Crippen molar-refractivity contribution in [1.29, 1.82) is 0 Å². The quantitative estimate of drug-likeness (QED) is 0.855. The van der Waals surface area contributed by atoms with Gasteiger partial charge in [0.15, 0.2) is 5.65 Å². The highest BCUT2D eigenvalue weighted by Crippen LogP contribution is 2.24. The highest BCUT2D eigenvalue weighted by Gasteiger charge is 2.24. The van der Waals surface area contributed by atoms with Crippen LogP contribution < -0.4 is 4.90 Å². The summed E-state index contributed by atoms with van der Waals surface area (Å²) < 4.78 is 6.16. The maximum Gasteiger partial charge on any atom is 0.164 e. The first-order valence-electron chi connectivity index (χ1n) is 9.48. The van der Waals surface area contributed by atoms with E-state index in [4.69, 9.17) is 9.72 Å². The Labute approximate surface area is 149 Å². The molecule has 0 aromatic carbocycles. The van der Waals surface area contributed by atoms with E-state index < -0.39 is 0 Å². The number of anilines is 1. The summed E-state index contributed by atoms with van der Waals surface area (Å²) in [5.41, 5.74) is 0.780. The second-order valence-electron chi connectivity index (χ2n) is 7.12. The molecular weight excluding hydrogens is 314 g/mol. The second kappa shape index (κ2) is 7.62. The topological polar surface area (TPSA) is 54.4 Å². The molecule has 2 aliphatic rings. The van der Waals surface area contributed by atoms with Crippen LogP contribution in [0.4, 0.5) is 5.82 Å². The van der Waals surface area contributed by atoms with Gasteiger partial charge in [-0.05, 0) is 51.4 Å². The van der Waals surface area contributed by atoms with Crippen LogP contribution in [0, 0.1) is 6.92 Å². The molecule has 6 nitrogen and oxygen atoms in total. The molecule has 0 bridgehead atoms. The fourth-order valence-corrected chi connectivity index (χ4v) is 3.92. The molecule has 0 aliphatic carbocycles. The van der Waals surface area contributed by atoms with E-state index in [1.807, 2.05) is 13.0 Å². The van der Waals surface area contributed by atoms with E-state index in [1.165, 1.54) is 32.4 Å². The lowest BCUT2D eigenvalue weighted by Crippen LogP contribution is -2.42. The first-order chi connectivity index (χ1) is 12.3. The molecule has 2 saturated heterocycles. The van der Waals surface area contributed by atoms with Crippen LogP contribution in [0.5, 0.6) is 0 Å². The van der Waals surface area contributed by atoms with Crippen LogP contribution in [-0.2, 0) is 4.74 Å². The number of fused-ring (bicyclic) bond motifs is 1. The Morgan fingerprint density at radius 3 is 2.88 bits per heavy atom. The van der Waals surface area contributed by atoms with Crippen molar-refractivity contribution >= 4 is 16.9 Å². The van der Waals surface area contributed by atoms with Gasteiger partial charge in [-0.2, -0.15) is 0 Å². The molecule has 0 N–H and O–H groups in total. The number of nitrogens with zero attached hydrogens (tertiary/aromatic N) is 5. The zero-order valence-corrected chi connectivity index (χ0v) is 15.0. The smallest absolute Gasteiger partial charge is 0.164 e. The Bertz CT molecular complexity index is 716. The minimum atomic E-state index is 0.239. The molecule has 1 atom stereocenters. The van der Waals surface area contributed by atoms with Gasteiger partial charge in [-0.3, -0.25) is 0 Å². The predicted molar refractivity (Wildman–Crippen MR) is 98.9 cm³/mol. The van der Waals surface area contributed by atoms with E-state index in [1.54, 1.807) is 6.20 Å². The summed E-state index contributed by atoms with van der Waals surface area (Å²) in [6.45, 7) is 8.07. The van der Waals surface area contributed by atoms with Gasteiger partial charge >= 0.3 is 0 Å². The molecule has 4 heterocycles. The van der Waals surface area contributed by atoms with E-state index >= 15 is 0 Å². The zero-order valence-electron chi connectivity index (χ0n) is 15.0. The highest BCUT2D eigenvalue weighted by molar-refractivity contribution is 5.86. The van der Waals surface area contributed by atoms with Crippen LogP contribution in [0.1, 0.15) is 31.5 Å². The maximum atomic E-state index is 6.16. The maximum absolute atomic E-state index is 6.16. The van der Waals surface area contributed by atoms with Gasteiger partial charge in [-0.15, -0.1) is 0 Å². The fourth-order valence-electron chi connectivity index (χ4n) is 3.92. The van der Waals surface area contributed by atoms with Crippen molar-refractivity contribution in [3.8, 4) is 0 Å². The second-order valence-corrected chi connectivity index (χ2v) is 7.12. The Hall–Kier alpha value is -1.79. The Balaban J connectivity index is 1.56. The molecule has 0 radical (unpaired) electrons. The van der Waals surface area contributed by atoms with Crippen LogP contribution in [0.25, 0.3) is 11.0 Å². The number of rotatable bonds is 3. The molecule has 0 spiro atoms. The summed E-state index contributed by atoms with van der Waals surface area (Å²) in [6.07, 6.45) is 7.07. The minimum Gasteiger partial charge on any atom is -0.375 e. The van der Waals surface area contributed by atoms with Gasteiger partial charge in [-0.1, -0.05) is 6.42 Å².